The minimum absolute atomic E-state index is 0.259. The van der Waals surface area contributed by atoms with Gasteiger partial charge >= 0.3 is 0 Å². The molecule has 3 heteroatoms. The molecule has 0 aliphatic rings. The van der Waals surface area contributed by atoms with Crippen molar-refractivity contribution in [3.63, 3.8) is 0 Å². The summed E-state index contributed by atoms with van der Waals surface area (Å²) in [5.41, 5.74) is 4.99. The molecule has 0 radical (unpaired) electrons. The zero-order chi connectivity index (χ0) is 14.9. The van der Waals surface area contributed by atoms with E-state index >= 15 is 0 Å². The number of hydrogen-bond donors (Lipinski definition) is 2. The Labute approximate surface area is 127 Å². The molecule has 0 saturated carbocycles. The summed E-state index contributed by atoms with van der Waals surface area (Å²) in [5.74, 6) is 0.259. The Morgan fingerprint density at radius 2 is 1.64 bits per heavy atom. The van der Waals surface area contributed by atoms with E-state index in [1.165, 1.54) is 0 Å². The standard InChI is InChI=1S/C19H14N2O/c22-15-9-4-8-14(12-15)17-16-10-5-11-20-19(16)21-18(17)13-6-2-1-3-7-13/h1-12,22H,(H,20,21). The molecule has 0 unspecified atom stereocenters. The van der Waals surface area contributed by atoms with Gasteiger partial charge in [0.25, 0.3) is 0 Å². The van der Waals surface area contributed by atoms with Crippen molar-refractivity contribution in [1.82, 2.24) is 9.97 Å². The number of nitrogens with zero attached hydrogens (tertiary/aromatic N) is 1. The minimum atomic E-state index is 0.259. The van der Waals surface area contributed by atoms with Gasteiger partial charge < -0.3 is 10.1 Å². The Bertz CT molecular complexity index is 942. The molecule has 3 nitrogen and oxygen atoms in total. The number of fused-ring (bicyclic) bond motifs is 1. The van der Waals surface area contributed by atoms with E-state index in [-0.39, 0.29) is 5.75 Å². The number of phenolic OH excluding ortho intramolecular Hbond substituents is 1. The summed E-state index contributed by atoms with van der Waals surface area (Å²) >= 11 is 0. The van der Waals surface area contributed by atoms with Crippen LogP contribution in [0.2, 0.25) is 0 Å². The summed E-state index contributed by atoms with van der Waals surface area (Å²) < 4.78 is 0. The molecular formula is C19H14N2O. The van der Waals surface area contributed by atoms with Crippen molar-refractivity contribution in [2.45, 2.75) is 0 Å². The molecule has 106 valence electrons. The summed E-state index contributed by atoms with van der Waals surface area (Å²) in [6.07, 6.45) is 1.78. The molecule has 0 amide bonds. The predicted octanol–water partition coefficient (Wildman–Crippen LogP) is 4.60. The highest BCUT2D eigenvalue weighted by Crippen LogP contribution is 2.38. The first-order chi connectivity index (χ1) is 10.8. The number of hydrogen-bond acceptors (Lipinski definition) is 2. The molecule has 2 heterocycles. The lowest BCUT2D eigenvalue weighted by Crippen LogP contribution is -1.82. The van der Waals surface area contributed by atoms with Crippen molar-refractivity contribution in [3.8, 4) is 28.1 Å². The van der Waals surface area contributed by atoms with Gasteiger partial charge in [-0.2, -0.15) is 0 Å². The summed E-state index contributed by atoms with van der Waals surface area (Å²) in [5, 5.41) is 10.9. The maximum atomic E-state index is 9.82. The molecule has 0 fully saturated rings. The molecule has 2 aromatic heterocycles. The van der Waals surface area contributed by atoms with Crippen molar-refractivity contribution in [1.29, 1.82) is 0 Å². The summed E-state index contributed by atoms with van der Waals surface area (Å²) in [6.45, 7) is 0. The van der Waals surface area contributed by atoms with Crippen LogP contribution < -0.4 is 0 Å². The highest BCUT2D eigenvalue weighted by molar-refractivity contribution is 6.02. The summed E-state index contributed by atoms with van der Waals surface area (Å²) in [7, 11) is 0. The van der Waals surface area contributed by atoms with Gasteiger partial charge in [0.2, 0.25) is 0 Å². The van der Waals surface area contributed by atoms with Crippen LogP contribution in [0.25, 0.3) is 33.4 Å². The fourth-order valence-corrected chi connectivity index (χ4v) is 2.80. The third kappa shape index (κ3) is 2.04. The summed E-state index contributed by atoms with van der Waals surface area (Å²) in [6, 6.07) is 21.5. The van der Waals surface area contributed by atoms with E-state index in [4.69, 9.17) is 0 Å². The maximum Gasteiger partial charge on any atom is 0.138 e. The quantitative estimate of drug-likeness (QED) is 0.565. The summed E-state index contributed by atoms with van der Waals surface area (Å²) in [4.78, 5) is 7.82. The van der Waals surface area contributed by atoms with E-state index < -0.39 is 0 Å². The third-order valence-corrected chi connectivity index (χ3v) is 3.77. The molecule has 0 bridgehead atoms. The van der Waals surface area contributed by atoms with E-state index in [9.17, 15) is 5.11 Å². The highest BCUT2D eigenvalue weighted by Gasteiger charge is 2.15. The van der Waals surface area contributed by atoms with Gasteiger partial charge in [0.05, 0.1) is 5.69 Å². The number of H-pyrrole nitrogens is 1. The van der Waals surface area contributed by atoms with E-state index in [1.807, 2.05) is 42.5 Å². The van der Waals surface area contributed by atoms with Gasteiger partial charge in [-0.1, -0.05) is 42.5 Å². The van der Waals surface area contributed by atoms with Crippen molar-refractivity contribution < 1.29 is 5.11 Å². The van der Waals surface area contributed by atoms with Crippen LogP contribution >= 0.6 is 0 Å². The number of aromatic hydroxyl groups is 1. The topological polar surface area (TPSA) is 48.9 Å². The Morgan fingerprint density at radius 3 is 2.45 bits per heavy atom. The number of benzene rings is 2. The van der Waals surface area contributed by atoms with E-state index in [0.29, 0.717) is 0 Å². The van der Waals surface area contributed by atoms with Crippen LogP contribution in [0.4, 0.5) is 0 Å². The largest absolute Gasteiger partial charge is 0.508 e. The predicted molar refractivity (Wildman–Crippen MR) is 88.6 cm³/mol. The van der Waals surface area contributed by atoms with Crippen molar-refractivity contribution in [3.05, 3.63) is 72.9 Å². The van der Waals surface area contributed by atoms with Gasteiger partial charge in [-0.05, 0) is 35.4 Å². The Hall–Kier alpha value is -3.07. The fraction of sp³-hybridized carbons (Fsp3) is 0. The first-order valence-electron chi connectivity index (χ1n) is 7.14. The fourth-order valence-electron chi connectivity index (χ4n) is 2.80. The number of nitrogens with one attached hydrogen (secondary N) is 1. The first kappa shape index (κ1) is 12.7. The maximum absolute atomic E-state index is 9.82. The average Bonchev–Trinajstić information content (AvgIpc) is 2.95. The SMILES string of the molecule is Oc1cccc(-c2c(-c3ccccc3)[nH]c3ncccc23)c1. The lowest BCUT2D eigenvalue weighted by Gasteiger charge is -2.06. The number of aromatic nitrogens is 2. The van der Waals surface area contributed by atoms with Crippen LogP contribution in [-0.4, -0.2) is 15.1 Å². The van der Waals surface area contributed by atoms with Crippen LogP contribution in [-0.2, 0) is 0 Å². The smallest absolute Gasteiger partial charge is 0.138 e. The van der Waals surface area contributed by atoms with Crippen LogP contribution in [0.15, 0.2) is 72.9 Å². The van der Waals surface area contributed by atoms with Crippen LogP contribution in [0.3, 0.4) is 0 Å². The molecular weight excluding hydrogens is 272 g/mol. The molecule has 0 spiro atoms. The van der Waals surface area contributed by atoms with Crippen LogP contribution in [0, 0.1) is 0 Å². The Balaban J connectivity index is 2.07. The monoisotopic (exact) mass is 286 g/mol. The molecule has 22 heavy (non-hydrogen) atoms. The molecule has 0 atom stereocenters. The lowest BCUT2D eigenvalue weighted by atomic mass is 9.99. The normalized spacial score (nSPS) is 10.9. The van der Waals surface area contributed by atoms with E-state index in [0.717, 1.165) is 33.4 Å². The van der Waals surface area contributed by atoms with Crippen molar-refractivity contribution in [2.24, 2.45) is 0 Å². The van der Waals surface area contributed by atoms with Crippen LogP contribution in [0.1, 0.15) is 0 Å². The second kappa shape index (κ2) is 5.04. The number of phenols is 1. The molecule has 0 saturated heterocycles. The molecule has 2 N–H and O–H groups in total. The molecule has 0 aliphatic carbocycles. The lowest BCUT2D eigenvalue weighted by molar-refractivity contribution is 0.475. The van der Waals surface area contributed by atoms with E-state index in [1.54, 1.807) is 18.3 Å². The Morgan fingerprint density at radius 1 is 0.818 bits per heavy atom. The molecule has 0 aliphatic heterocycles. The second-order valence-corrected chi connectivity index (χ2v) is 5.19. The molecule has 4 aromatic rings. The number of pyridine rings is 1. The molecule has 2 aromatic carbocycles. The van der Waals surface area contributed by atoms with Gasteiger partial charge in [0, 0.05) is 17.1 Å². The number of rotatable bonds is 2. The van der Waals surface area contributed by atoms with Crippen LogP contribution in [0.5, 0.6) is 5.75 Å². The van der Waals surface area contributed by atoms with Gasteiger partial charge in [-0.3, -0.25) is 0 Å². The van der Waals surface area contributed by atoms with Crippen molar-refractivity contribution >= 4 is 11.0 Å². The average molecular weight is 286 g/mol. The minimum Gasteiger partial charge on any atom is -0.508 e. The highest BCUT2D eigenvalue weighted by atomic mass is 16.3. The second-order valence-electron chi connectivity index (χ2n) is 5.19. The Kier molecular flexibility index (Phi) is 2.90. The number of aromatic amines is 1. The van der Waals surface area contributed by atoms with Crippen molar-refractivity contribution in [2.75, 3.05) is 0 Å². The zero-order valence-electron chi connectivity index (χ0n) is 11.8. The first-order valence-corrected chi connectivity index (χ1v) is 7.14. The van der Waals surface area contributed by atoms with Gasteiger partial charge in [-0.25, -0.2) is 4.98 Å². The zero-order valence-corrected chi connectivity index (χ0v) is 11.8. The van der Waals surface area contributed by atoms with Gasteiger partial charge in [0.1, 0.15) is 11.4 Å². The molecule has 4 rings (SSSR count). The van der Waals surface area contributed by atoms with Gasteiger partial charge in [0.15, 0.2) is 0 Å². The van der Waals surface area contributed by atoms with E-state index in [2.05, 4.69) is 22.1 Å². The third-order valence-electron chi connectivity index (χ3n) is 3.77. The van der Waals surface area contributed by atoms with Gasteiger partial charge in [-0.15, -0.1) is 0 Å².